The van der Waals surface area contributed by atoms with Crippen molar-refractivity contribution in [1.82, 2.24) is 10.6 Å². The van der Waals surface area contributed by atoms with Crippen LogP contribution in [0.2, 0.25) is 0 Å². The molecule has 34 heavy (non-hydrogen) atoms. The second-order valence-electron chi connectivity index (χ2n) is 8.35. The molecule has 0 saturated carbocycles. The van der Waals surface area contributed by atoms with Crippen LogP contribution in [0.15, 0.2) is 60.7 Å². The fourth-order valence-electron chi connectivity index (χ4n) is 4.06. The Morgan fingerprint density at radius 1 is 1.00 bits per heavy atom. The van der Waals surface area contributed by atoms with Crippen molar-refractivity contribution in [2.24, 2.45) is 5.92 Å². The largest absolute Gasteiger partial charge is 0.355 e. The van der Waals surface area contributed by atoms with E-state index in [0.717, 1.165) is 24.2 Å². The van der Waals surface area contributed by atoms with E-state index in [0.29, 0.717) is 25.1 Å². The Kier molecular flexibility index (Phi) is 9.70. The minimum absolute atomic E-state index is 0.0928. The van der Waals surface area contributed by atoms with E-state index >= 15 is 0 Å². The number of hydrogen-bond acceptors (Lipinski definition) is 5. The summed E-state index contributed by atoms with van der Waals surface area (Å²) in [7, 11) is 0. The van der Waals surface area contributed by atoms with Gasteiger partial charge in [0.05, 0.1) is 0 Å². The highest BCUT2D eigenvalue weighted by atomic mass is 32.2. The van der Waals surface area contributed by atoms with Gasteiger partial charge in [0.1, 0.15) is 12.0 Å². The SMILES string of the molecule is CC(=O)SCCCCC[C@H](NC(=O)[C@H]1C(=O)NC[C@@H]1c1ccccc1)C(=O)Nc1ccccc1. The maximum Gasteiger partial charge on any atom is 0.246 e. The molecule has 1 fully saturated rings. The summed E-state index contributed by atoms with van der Waals surface area (Å²) in [6.07, 6.45) is 2.85. The predicted molar refractivity (Wildman–Crippen MR) is 134 cm³/mol. The van der Waals surface area contributed by atoms with Crippen LogP contribution in [0.5, 0.6) is 0 Å². The molecule has 3 atom stereocenters. The predicted octanol–water partition coefficient (Wildman–Crippen LogP) is 3.48. The third-order valence-corrected chi connectivity index (χ3v) is 6.71. The molecule has 3 amide bonds. The van der Waals surface area contributed by atoms with Gasteiger partial charge in [0, 0.05) is 30.8 Å². The van der Waals surface area contributed by atoms with Crippen LogP contribution in [-0.2, 0) is 19.2 Å². The first-order valence-corrected chi connectivity index (χ1v) is 12.6. The number of nitrogens with one attached hydrogen (secondary N) is 3. The van der Waals surface area contributed by atoms with E-state index in [2.05, 4.69) is 16.0 Å². The van der Waals surface area contributed by atoms with Gasteiger partial charge in [-0.25, -0.2) is 0 Å². The number of unbranched alkanes of at least 4 members (excludes halogenated alkanes) is 2. The summed E-state index contributed by atoms with van der Waals surface area (Å²) in [4.78, 5) is 49.9. The molecule has 180 valence electrons. The zero-order valence-electron chi connectivity index (χ0n) is 19.3. The monoisotopic (exact) mass is 481 g/mol. The minimum atomic E-state index is -0.888. The average molecular weight is 482 g/mol. The zero-order valence-corrected chi connectivity index (χ0v) is 20.1. The van der Waals surface area contributed by atoms with Gasteiger partial charge in [0.2, 0.25) is 17.7 Å². The van der Waals surface area contributed by atoms with E-state index in [4.69, 9.17) is 0 Å². The Labute approximate surface area is 204 Å². The van der Waals surface area contributed by atoms with E-state index in [1.165, 1.54) is 11.8 Å². The first-order chi connectivity index (χ1) is 16.5. The summed E-state index contributed by atoms with van der Waals surface area (Å²) in [5.41, 5.74) is 1.56. The Morgan fingerprint density at radius 3 is 2.35 bits per heavy atom. The molecule has 1 aliphatic rings. The van der Waals surface area contributed by atoms with Crippen LogP contribution in [0.4, 0.5) is 5.69 Å². The number of benzene rings is 2. The summed E-state index contributed by atoms with van der Waals surface area (Å²) in [6.45, 7) is 1.93. The maximum absolute atomic E-state index is 13.2. The van der Waals surface area contributed by atoms with E-state index in [1.807, 2.05) is 48.5 Å². The Morgan fingerprint density at radius 2 is 1.68 bits per heavy atom. The number of hydrogen-bond donors (Lipinski definition) is 3. The lowest BCUT2D eigenvalue weighted by molar-refractivity contribution is -0.135. The normalized spacial score (nSPS) is 18.1. The third kappa shape index (κ3) is 7.45. The van der Waals surface area contributed by atoms with Crippen molar-refractivity contribution < 1.29 is 19.2 Å². The van der Waals surface area contributed by atoms with Crippen molar-refractivity contribution >= 4 is 40.3 Å². The van der Waals surface area contributed by atoms with Gasteiger partial charge in [0.25, 0.3) is 0 Å². The van der Waals surface area contributed by atoms with Gasteiger partial charge in [-0.15, -0.1) is 0 Å². The Hall–Kier alpha value is -3.13. The van der Waals surface area contributed by atoms with Crippen molar-refractivity contribution in [2.45, 2.75) is 44.6 Å². The third-order valence-electron chi connectivity index (χ3n) is 5.81. The number of anilines is 1. The minimum Gasteiger partial charge on any atom is -0.355 e. The fourth-order valence-corrected chi connectivity index (χ4v) is 4.69. The molecule has 2 aromatic rings. The first kappa shape index (κ1) is 25.5. The molecular formula is C26H31N3O4S. The number of thioether (sulfide) groups is 1. The Balaban J connectivity index is 1.66. The molecule has 7 nitrogen and oxygen atoms in total. The topological polar surface area (TPSA) is 104 Å². The molecule has 0 spiro atoms. The molecule has 3 N–H and O–H groups in total. The van der Waals surface area contributed by atoms with Crippen molar-refractivity contribution in [3.63, 3.8) is 0 Å². The van der Waals surface area contributed by atoms with Gasteiger partial charge in [-0.1, -0.05) is 73.1 Å². The number of amides is 3. The van der Waals surface area contributed by atoms with Gasteiger partial charge >= 0.3 is 0 Å². The van der Waals surface area contributed by atoms with Crippen LogP contribution in [0, 0.1) is 5.92 Å². The highest BCUT2D eigenvalue weighted by Gasteiger charge is 2.42. The van der Waals surface area contributed by atoms with Gasteiger partial charge in [-0.2, -0.15) is 0 Å². The molecular weight excluding hydrogens is 450 g/mol. The molecule has 0 aromatic heterocycles. The lowest BCUT2D eigenvalue weighted by atomic mass is 9.87. The van der Waals surface area contributed by atoms with Crippen LogP contribution in [0.25, 0.3) is 0 Å². The number of carbonyl (C=O) groups excluding carboxylic acids is 4. The van der Waals surface area contributed by atoms with Crippen molar-refractivity contribution in [2.75, 3.05) is 17.6 Å². The quantitative estimate of drug-likeness (QED) is 0.337. The van der Waals surface area contributed by atoms with Gasteiger partial charge in [-0.3, -0.25) is 19.2 Å². The van der Waals surface area contributed by atoms with Crippen molar-refractivity contribution in [3.8, 4) is 0 Å². The van der Waals surface area contributed by atoms with Crippen LogP contribution < -0.4 is 16.0 Å². The molecule has 0 bridgehead atoms. The lowest BCUT2D eigenvalue weighted by Crippen LogP contribution is -2.48. The molecule has 2 aromatic carbocycles. The van der Waals surface area contributed by atoms with Crippen molar-refractivity contribution in [1.29, 1.82) is 0 Å². The second kappa shape index (κ2) is 12.9. The summed E-state index contributed by atoms with van der Waals surface area (Å²) < 4.78 is 0. The van der Waals surface area contributed by atoms with Crippen LogP contribution in [-0.4, -0.2) is 41.2 Å². The molecule has 1 saturated heterocycles. The molecule has 1 aliphatic heterocycles. The molecule has 8 heteroatoms. The maximum atomic E-state index is 13.2. The molecule has 0 aliphatic carbocycles. The molecule has 3 rings (SSSR count). The van der Waals surface area contributed by atoms with Crippen LogP contribution in [0.3, 0.4) is 0 Å². The second-order valence-corrected chi connectivity index (χ2v) is 9.62. The van der Waals surface area contributed by atoms with Gasteiger partial charge < -0.3 is 16.0 Å². The van der Waals surface area contributed by atoms with E-state index in [9.17, 15) is 19.2 Å². The molecule has 1 heterocycles. The summed E-state index contributed by atoms with van der Waals surface area (Å²) in [6, 6.07) is 17.8. The standard InChI is InChI=1S/C26H31N3O4S/c1-18(30)34-16-10-4-9-15-22(24(31)28-20-13-7-3-8-14-20)29-26(33)23-21(17-27-25(23)32)19-11-5-2-6-12-19/h2-3,5-8,11-14,21-23H,4,9-10,15-17H2,1H3,(H,27,32)(H,28,31)(H,29,33)/t21-,22+,23-/m1/s1. The number of para-hydroxylation sites is 1. The fraction of sp³-hybridized carbons (Fsp3) is 0.385. The van der Waals surface area contributed by atoms with E-state index < -0.39 is 17.9 Å². The van der Waals surface area contributed by atoms with E-state index in [1.54, 1.807) is 19.1 Å². The molecule has 0 unspecified atom stereocenters. The first-order valence-electron chi connectivity index (χ1n) is 11.6. The summed E-state index contributed by atoms with van der Waals surface area (Å²) in [5, 5.41) is 8.58. The summed E-state index contributed by atoms with van der Waals surface area (Å²) >= 11 is 1.29. The summed E-state index contributed by atoms with van der Waals surface area (Å²) in [5.74, 6) is -1.51. The highest BCUT2D eigenvalue weighted by molar-refractivity contribution is 8.13. The van der Waals surface area contributed by atoms with Crippen LogP contribution in [0.1, 0.15) is 44.1 Å². The lowest BCUT2D eigenvalue weighted by Gasteiger charge is -2.22. The van der Waals surface area contributed by atoms with Crippen molar-refractivity contribution in [3.05, 3.63) is 66.2 Å². The number of carbonyl (C=O) groups is 4. The van der Waals surface area contributed by atoms with Crippen LogP contribution >= 0.6 is 11.8 Å². The smallest absolute Gasteiger partial charge is 0.246 e. The van der Waals surface area contributed by atoms with E-state index in [-0.39, 0.29) is 22.8 Å². The zero-order chi connectivity index (χ0) is 24.3. The molecule has 0 radical (unpaired) electrons. The van der Waals surface area contributed by atoms with Gasteiger partial charge in [0.15, 0.2) is 5.12 Å². The number of rotatable bonds is 11. The average Bonchev–Trinajstić information content (AvgIpc) is 3.23. The van der Waals surface area contributed by atoms with Gasteiger partial charge in [-0.05, 0) is 30.5 Å². The Bertz CT molecular complexity index is 984. The highest BCUT2D eigenvalue weighted by Crippen LogP contribution is 2.29.